The van der Waals surface area contributed by atoms with Gasteiger partial charge in [0.05, 0.1) is 5.52 Å². The summed E-state index contributed by atoms with van der Waals surface area (Å²) in [5, 5.41) is 9.49. The highest BCUT2D eigenvalue weighted by atomic mass is 19.1. The molecule has 0 amide bonds. The van der Waals surface area contributed by atoms with Crippen molar-refractivity contribution in [3.63, 3.8) is 0 Å². The zero-order chi connectivity index (χ0) is 14.4. The lowest BCUT2D eigenvalue weighted by Crippen LogP contribution is -1.99. The minimum atomic E-state index is -0.270. The molecule has 0 saturated heterocycles. The largest absolute Gasteiger partial charge is 0.262 e. The number of aromatic nitrogens is 4. The van der Waals surface area contributed by atoms with Gasteiger partial charge in [0, 0.05) is 10.9 Å². The van der Waals surface area contributed by atoms with Crippen LogP contribution in [0.15, 0.2) is 48.5 Å². The topological polar surface area (TPSA) is 43.1 Å². The molecule has 102 valence electrons. The number of fused-ring (bicyclic) bond motifs is 3. The first kappa shape index (κ1) is 12.0. The van der Waals surface area contributed by atoms with Gasteiger partial charge in [-0.05, 0) is 43.3 Å². The third-order valence-corrected chi connectivity index (χ3v) is 3.52. The van der Waals surface area contributed by atoms with Gasteiger partial charge in [0.25, 0.3) is 0 Å². The van der Waals surface area contributed by atoms with Crippen LogP contribution in [-0.4, -0.2) is 19.6 Å². The number of hydrogen-bond donors (Lipinski definition) is 0. The molecule has 2 aromatic carbocycles. The van der Waals surface area contributed by atoms with E-state index in [0.717, 1.165) is 27.9 Å². The van der Waals surface area contributed by atoms with Crippen molar-refractivity contribution in [2.45, 2.75) is 6.92 Å². The number of hydrogen-bond acceptors (Lipinski definition) is 3. The maximum absolute atomic E-state index is 13.1. The van der Waals surface area contributed by atoms with Crippen molar-refractivity contribution in [1.29, 1.82) is 0 Å². The Morgan fingerprint density at radius 3 is 2.52 bits per heavy atom. The van der Waals surface area contributed by atoms with Crippen molar-refractivity contribution in [3.8, 4) is 11.4 Å². The highest BCUT2D eigenvalue weighted by Gasteiger charge is 2.13. The van der Waals surface area contributed by atoms with Crippen LogP contribution < -0.4 is 0 Å². The normalized spacial score (nSPS) is 11.3. The summed E-state index contributed by atoms with van der Waals surface area (Å²) in [4.78, 5) is 4.59. The standard InChI is InChI=1S/C16H11FN4/c1-10-18-14-5-3-2-4-13(14)16-20-19-15(21(10)16)11-6-8-12(17)9-7-11/h2-9H,1H3. The van der Waals surface area contributed by atoms with E-state index < -0.39 is 0 Å². The first-order chi connectivity index (χ1) is 10.2. The lowest BCUT2D eigenvalue weighted by molar-refractivity contribution is 0.628. The smallest absolute Gasteiger partial charge is 0.171 e. The quantitative estimate of drug-likeness (QED) is 0.536. The molecule has 2 aromatic heterocycles. The average Bonchev–Trinajstić information content (AvgIpc) is 2.94. The molecule has 0 atom stereocenters. The summed E-state index contributed by atoms with van der Waals surface area (Å²) in [6.45, 7) is 1.91. The van der Waals surface area contributed by atoms with Crippen LogP contribution in [0.2, 0.25) is 0 Å². The zero-order valence-electron chi connectivity index (χ0n) is 11.3. The van der Waals surface area contributed by atoms with Crippen molar-refractivity contribution in [3.05, 3.63) is 60.2 Å². The second-order valence-corrected chi connectivity index (χ2v) is 4.87. The van der Waals surface area contributed by atoms with E-state index >= 15 is 0 Å². The number of halogens is 1. The predicted octanol–water partition coefficient (Wildman–Crippen LogP) is 3.39. The highest BCUT2D eigenvalue weighted by Crippen LogP contribution is 2.24. The van der Waals surface area contributed by atoms with Crippen LogP contribution in [0.3, 0.4) is 0 Å². The molecular weight excluding hydrogens is 267 g/mol. The van der Waals surface area contributed by atoms with E-state index in [1.165, 1.54) is 12.1 Å². The number of nitrogens with zero attached hydrogens (tertiary/aromatic N) is 4. The van der Waals surface area contributed by atoms with Gasteiger partial charge in [0.2, 0.25) is 0 Å². The Balaban J connectivity index is 2.08. The predicted molar refractivity (Wildman–Crippen MR) is 78.4 cm³/mol. The summed E-state index contributed by atoms with van der Waals surface area (Å²) < 4.78 is 15.0. The van der Waals surface area contributed by atoms with Crippen LogP contribution in [-0.2, 0) is 0 Å². The molecule has 0 unspecified atom stereocenters. The zero-order valence-corrected chi connectivity index (χ0v) is 11.3. The second-order valence-electron chi connectivity index (χ2n) is 4.87. The van der Waals surface area contributed by atoms with Gasteiger partial charge in [-0.25, -0.2) is 9.37 Å². The Labute approximate surface area is 119 Å². The Morgan fingerprint density at radius 1 is 0.952 bits per heavy atom. The van der Waals surface area contributed by atoms with Crippen LogP contribution in [0.1, 0.15) is 5.82 Å². The molecule has 4 aromatic rings. The molecule has 4 rings (SSSR count). The Bertz CT molecular complexity index is 957. The molecule has 0 saturated carbocycles. The maximum atomic E-state index is 13.1. The van der Waals surface area contributed by atoms with Gasteiger partial charge in [-0.15, -0.1) is 10.2 Å². The number of benzene rings is 2. The van der Waals surface area contributed by atoms with E-state index in [4.69, 9.17) is 0 Å². The monoisotopic (exact) mass is 278 g/mol. The Hall–Kier alpha value is -2.82. The van der Waals surface area contributed by atoms with Gasteiger partial charge in [-0.2, -0.15) is 0 Å². The highest BCUT2D eigenvalue weighted by molar-refractivity contribution is 5.92. The molecule has 4 nitrogen and oxygen atoms in total. The molecule has 0 fully saturated rings. The van der Waals surface area contributed by atoms with Gasteiger partial charge in [0.1, 0.15) is 11.6 Å². The van der Waals surface area contributed by atoms with Crippen molar-refractivity contribution in [2.24, 2.45) is 0 Å². The lowest BCUT2D eigenvalue weighted by Gasteiger charge is -2.06. The number of aryl methyl sites for hydroxylation is 1. The first-order valence-electron chi connectivity index (χ1n) is 6.60. The summed E-state index contributed by atoms with van der Waals surface area (Å²) in [5.41, 5.74) is 2.46. The van der Waals surface area contributed by atoms with E-state index in [9.17, 15) is 4.39 Å². The van der Waals surface area contributed by atoms with Crippen LogP contribution in [0.5, 0.6) is 0 Å². The van der Waals surface area contributed by atoms with Crippen molar-refractivity contribution in [1.82, 2.24) is 19.6 Å². The third-order valence-electron chi connectivity index (χ3n) is 3.52. The average molecular weight is 278 g/mol. The molecule has 0 aliphatic rings. The Morgan fingerprint density at radius 2 is 1.71 bits per heavy atom. The summed E-state index contributed by atoms with van der Waals surface area (Å²) >= 11 is 0. The van der Waals surface area contributed by atoms with E-state index in [0.29, 0.717) is 5.82 Å². The summed E-state index contributed by atoms with van der Waals surface area (Å²) in [6, 6.07) is 14.0. The fraction of sp³-hybridized carbons (Fsp3) is 0.0625. The van der Waals surface area contributed by atoms with E-state index in [1.54, 1.807) is 12.1 Å². The van der Waals surface area contributed by atoms with E-state index in [1.807, 2.05) is 35.6 Å². The molecule has 0 bridgehead atoms. The molecular formula is C16H11FN4. The van der Waals surface area contributed by atoms with Crippen molar-refractivity contribution >= 4 is 16.6 Å². The maximum Gasteiger partial charge on any atom is 0.171 e. The van der Waals surface area contributed by atoms with Gasteiger partial charge >= 0.3 is 0 Å². The molecule has 0 radical (unpaired) electrons. The molecule has 0 aliphatic heterocycles. The minimum absolute atomic E-state index is 0.270. The van der Waals surface area contributed by atoms with Crippen LogP contribution >= 0.6 is 0 Å². The molecule has 21 heavy (non-hydrogen) atoms. The van der Waals surface area contributed by atoms with Crippen molar-refractivity contribution in [2.75, 3.05) is 0 Å². The lowest BCUT2D eigenvalue weighted by atomic mass is 10.2. The summed E-state index contributed by atoms with van der Waals surface area (Å²) in [6.07, 6.45) is 0. The van der Waals surface area contributed by atoms with Crippen LogP contribution in [0.4, 0.5) is 4.39 Å². The van der Waals surface area contributed by atoms with E-state index in [2.05, 4.69) is 15.2 Å². The van der Waals surface area contributed by atoms with Gasteiger partial charge in [-0.3, -0.25) is 4.40 Å². The number of rotatable bonds is 1. The number of para-hydroxylation sites is 1. The fourth-order valence-corrected chi connectivity index (χ4v) is 2.54. The van der Waals surface area contributed by atoms with Gasteiger partial charge in [-0.1, -0.05) is 12.1 Å². The summed E-state index contributed by atoms with van der Waals surface area (Å²) in [5.74, 6) is 1.20. The van der Waals surface area contributed by atoms with Crippen LogP contribution in [0.25, 0.3) is 27.9 Å². The Kier molecular flexibility index (Phi) is 2.47. The fourth-order valence-electron chi connectivity index (χ4n) is 2.54. The second kappa shape index (κ2) is 4.34. The van der Waals surface area contributed by atoms with E-state index in [-0.39, 0.29) is 5.82 Å². The molecule has 0 aliphatic carbocycles. The van der Waals surface area contributed by atoms with Crippen LogP contribution in [0, 0.1) is 12.7 Å². The third kappa shape index (κ3) is 1.78. The SMILES string of the molecule is Cc1nc2ccccc2c2nnc(-c3ccc(F)cc3)n12. The minimum Gasteiger partial charge on any atom is -0.262 e. The van der Waals surface area contributed by atoms with Crippen molar-refractivity contribution < 1.29 is 4.39 Å². The molecule has 2 heterocycles. The first-order valence-corrected chi connectivity index (χ1v) is 6.60. The van der Waals surface area contributed by atoms with Gasteiger partial charge in [0.15, 0.2) is 11.5 Å². The summed E-state index contributed by atoms with van der Waals surface area (Å²) in [7, 11) is 0. The van der Waals surface area contributed by atoms with Gasteiger partial charge < -0.3 is 0 Å². The molecule has 0 spiro atoms. The molecule has 5 heteroatoms. The molecule has 0 N–H and O–H groups in total.